The molecule has 1 saturated carbocycles. The summed E-state index contributed by atoms with van der Waals surface area (Å²) in [6.07, 6.45) is 2.23. The first kappa shape index (κ1) is 17.9. The lowest BCUT2D eigenvalue weighted by Gasteiger charge is -2.37. The van der Waals surface area contributed by atoms with Crippen molar-refractivity contribution in [3.05, 3.63) is 23.2 Å². The fourth-order valence-corrected chi connectivity index (χ4v) is 3.17. The van der Waals surface area contributed by atoms with Crippen molar-refractivity contribution in [3.63, 3.8) is 0 Å². The molecule has 0 spiro atoms. The lowest BCUT2D eigenvalue weighted by Crippen LogP contribution is -2.53. The van der Waals surface area contributed by atoms with Gasteiger partial charge in [0.2, 0.25) is 11.7 Å². The van der Waals surface area contributed by atoms with Crippen LogP contribution in [-0.2, 0) is 16.1 Å². The summed E-state index contributed by atoms with van der Waals surface area (Å²) in [4.78, 5) is 28.3. The second-order valence-electron chi connectivity index (χ2n) is 6.99. The summed E-state index contributed by atoms with van der Waals surface area (Å²) < 4.78 is 10.4. The fraction of sp³-hybridized carbons (Fsp3) is 0.667. The van der Waals surface area contributed by atoms with Gasteiger partial charge in [0.1, 0.15) is 5.76 Å². The van der Waals surface area contributed by atoms with Crippen molar-refractivity contribution in [3.8, 4) is 0 Å². The van der Waals surface area contributed by atoms with E-state index in [1.54, 1.807) is 0 Å². The highest BCUT2D eigenvalue weighted by Gasteiger charge is 2.30. The van der Waals surface area contributed by atoms with E-state index in [1.807, 2.05) is 19.9 Å². The average Bonchev–Trinajstić information content (AvgIpc) is 3.35. The minimum atomic E-state index is -0.441. The number of carbonyl (C=O) groups excluding carboxylic acids is 2. The lowest BCUT2D eigenvalue weighted by atomic mass is 10.2. The smallest absolute Gasteiger partial charge is 0.374 e. The number of nitrogens with one attached hydrogen (secondary N) is 1. The van der Waals surface area contributed by atoms with Gasteiger partial charge in [0.05, 0.1) is 19.7 Å². The maximum Gasteiger partial charge on any atom is 0.374 e. The van der Waals surface area contributed by atoms with Gasteiger partial charge < -0.3 is 14.5 Å². The van der Waals surface area contributed by atoms with E-state index in [0.29, 0.717) is 12.6 Å². The van der Waals surface area contributed by atoms with Crippen LogP contribution in [0, 0.1) is 6.92 Å². The first-order valence-corrected chi connectivity index (χ1v) is 8.92. The predicted octanol–water partition coefficient (Wildman–Crippen LogP) is 1.16. The van der Waals surface area contributed by atoms with Crippen LogP contribution in [0.15, 0.2) is 10.5 Å². The molecule has 1 aliphatic heterocycles. The molecule has 1 saturated heterocycles. The van der Waals surface area contributed by atoms with Gasteiger partial charge in [-0.05, 0) is 32.8 Å². The molecular formula is C18H27N3O4. The summed E-state index contributed by atoms with van der Waals surface area (Å²) in [5.74, 6) is 0.747. The molecular weight excluding hydrogens is 322 g/mol. The monoisotopic (exact) mass is 349 g/mol. The molecule has 2 heterocycles. The van der Waals surface area contributed by atoms with Gasteiger partial charge in [-0.25, -0.2) is 4.79 Å². The maximum absolute atomic E-state index is 12.2. The number of aryl methyl sites for hydroxylation is 1. The van der Waals surface area contributed by atoms with Crippen LogP contribution in [0.4, 0.5) is 0 Å². The fourth-order valence-electron chi connectivity index (χ4n) is 3.17. The number of hydrogen-bond donors (Lipinski definition) is 1. The molecule has 1 aromatic heterocycles. The number of carbonyl (C=O) groups is 2. The van der Waals surface area contributed by atoms with Gasteiger partial charge in [-0.3, -0.25) is 14.6 Å². The molecule has 7 heteroatoms. The van der Waals surface area contributed by atoms with E-state index in [4.69, 9.17) is 9.15 Å². The molecule has 25 heavy (non-hydrogen) atoms. The predicted molar refractivity (Wildman–Crippen MR) is 92.3 cm³/mol. The van der Waals surface area contributed by atoms with E-state index in [9.17, 15) is 9.59 Å². The van der Waals surface area contributed by atoms with Gasteiger partial charge >= 0.3 is 5.97 Å². The number of nitrogens with zero attached hydrogens (tertiary/aromatic N) is 2. The third-order valence-corrected chi connectivity index (χ3v) is 4.98. The van der Waals surface area contributed by atoms with Gasteiger partial charge in [-0.2, -0.15) is 0 Å². The molecule has 0 aromatic carbocycles. The highest BCUT2D eigenvalue weighted by molar-refractivity contribution is 5.87. The zero-order chi connectivity index (χ0) is 18.0. The van der Waals surface area contributed by atoms with E-state index in [-0.39, 0.29) is 17.7 Å². The molecule has 1 amide bonds. The number of ether oxygens (including phenoxy) is 1. The summed E-state index contributed by atoms with van der Waals surface area (Å²) in [7, 11) is 1.35. The minimum absolute atomic E-state index is 0.0838. The minimum Gasteiger partial charge on any atom is -0.463 e. The summed E-state index contributed by atoms with van der Waals surface area (Å²) in [5, 5.41) is 3.07. The van der Waals surface area contributed by atoms with Crippen LogP contribution in [0.25, 0.3) is 0 Å². The Kier molecular flexibility index (Phi) is 5.44. The Hall–Kier alpha value is -1.86. The number of esters is 1. The largest absolute Gasteiger partial charge is 0.463 e. The molecule has 1 atom stereocenters. The summed E-state index contributed by atoms with van der Waals surface area (Å²) in [6, 6.07) is 2.21. The molecule has 1 N–H and O–H groups in total. The van der Waals surface area contributed by atoms with Crippen molar-refractivity contribution in [1.29, 1.82) is 0 Å². The molecule has 3 rings (SSSR count). The molecule has 2 fully saturated rings. The third kappa shape index (κ3) is 4.41. The number of methoxy groups -OCH3 is 1. The summed E-state index contributed by atoms with van der Waals surface area (Å²) >= 11 is 0. The van der Waals surface area contributed by atoms with Crippen LogP contribution in [0.2, 0.25) is 0 Å². The van der Waals surface area contributed by atoms with Crippen LogP contribution in [0.5, 0.6) is 0 Å². The normalized spacial score (nSPS) is 20.3. The second kappa shape index (κ2) is 7.58. The van der Waals surface area contributed by atoms with Gasteiger partial charge in [-0.1, -0.05) is 0 Å². The Bertz CT molecular complexity index is 630. The number of amides is 1. The van der Waals surface area contributed by atoms with Crippen molar-refractivity contribution in [2.24, 2.45) is 0 Å². The first-order valence-electron chi connectivity index (χ1n) is 8.92. The molecule has 0 unspecified atom stereocenters. The van der Waals surface area contributed by atoms with Crippen molar-refractivity contribution in [1.82, 2.24) is 15.1 Å². The Morgan fingerprint density at radius 1 is 1.32 bits per heavy atom. The van der Waals surface area contributed by atoms with Crippen molar-refractivity contribution < 1.29 is 18.7 Å². The molecule has 138 valence electrons. The standard InChI is InChI=1S/C18H27N3O4/c1-12-10-15(25-16(12)18(23)24-3)11-20-6-8-21(9-7-20)13(2)17(22)19-14-4-5-14/h10,13-14H,4-9,11H2,1-3H3,(H,19,22)/t13-/m0/s1. The molecule has 2 aliphatic rings. The summed E-state index contributed by atoms with van der Waals surface area (Å²) in [6.45, 7) is 7.92. The van der Waals surface area contributed by atoms with E-state index >= 15 is 0 Å². The van der Waals surface area contributed by atoms with Gasteiger partial charge in [0.15, 0.2) is 0 Å². The van der Waals surface area contributed by atoms with Crippen molar-refractivity contribution in [2.45, 2.75) is 45.3 Å². The highest BCUT2D eigenvalue weighted by Crippen LogP contribution is 2.20. The molecule has 0 bridgehead atoms. The Balaban J connectivity index is 1.49. The van der Waals surface area contributed by atoms with Crippen LogP contribution in [0.3, 0.4) is 0 Å². The quantitative estimate of drug-likeness (QED) is 0.777. The summed E-state index contributed by atoms with van der Waals surface area (Å²) in [5.41, 5.74) is 0.797. The zero-order valence-electron chi connectivity index (χ0n) is 15.2. The highest BCUT2D eigenvalue weighted by atomic mass is 16.5. The molecule has 1 aromatic rings. The molecule has 7 nitrogen and oxygen atoms in total. The third-order valence-electron chi connectivity index (χ3n) is 4.98. The number of rotatable bonds is 6. The van der Waals surface area contributed by atoms with E-state index in [0.717, 1.165) is 50.3 Å². The number of furan rings is 1. The van der Waals surface area contributed by atoms with Gasteiger partial charge in [0.25, 0.3) is 0 Å². The Morgan fingerprint density at radius 2 is 2.00 bits per heavy atom. The molecule has 1 aliphatic carbocycles. The van der Waals surface area contributed by atoms with Crippen LogP contribution in [-0.4, -0.2) is 67.0 Å². The van der Waals surface area contributed by atoms with Gasteiger partial charge in [-0.15, -0.1) is 0 Å². The first-order chi connectivity index (χ1) is 12.0. The average molecular weight is 349 g/mol. The lowest BCUT2D eigenvalue weighted by molar-refractivity contribution is -0.126. The van der Waals surface area contributed by atoms with Crippen LogP contribution < -0.4 is 5.32 Å². The zero-order valence-corrected chi connectivity index (χ0v) is 15.2. The van der Waals surface area contributed by atoms with E-state index in [2.05, 4.69) is 15.1 Å². The SMILES string of the molecule is COC(=O)c1oc(CN2CCN([C@@H](C)C(=O)NC3CC3)CC2)cc1C. The van der Waals surface area contributed by atoms with Crippen LogP contribution in [0.1, 0.15) is 41.6 Å². The van der Waals surface area contributed by atoms with Crippen molar-refractivity contribution >= 4 is 11.9 Å². The second-order valence-corrected chi connectivity index (χ2v) is 6.99. The Labute approximate surface area is 148 Å². The Morgan fingerprint density at radius 3 is 2.60 bits per heavy atom. The van der Waals surface area contributed by atoms with Gasteiger partial charge in [0, 0.05) is 37.8 Å². The molecule has 0 radical (unpaired) electrons. The van der Waals surface area contributed by atoms with Crippen molar-refractivity contribution in [2.75, 3.05) is 33.3 Å². The maximum atomic E-state index is 12.2. The van der Waals surface area contributed by atoms with E-state index < -0.39 is 5.97 Å². The van der Waals surface area contributed by atoms with E-state index in [1.165, 1.54) is 7.11 Å². The number of piperazine rings is 1. The van der Waals surface area contributed by atoms with Crippen LogP contribution >= 0.6 is 0 Å². The topological polar surface area (TPSA) is 75.0 Å². The number of hydrogen-bond acceptors (Lipinski definition) is 6.